The molecule has 1 saturated heterocycles. The number of carboxylic acids is 1. The number of rotatable bonds is 4. The van der Waals surface area contributed by atoms with E-state index in [2.05, 4.69) is 0 Å². The first-order valence-electron chi connectivity index (χ1n) is 6.25. The maximum Gasteiger partial charge on any atom is 0.335 e. The molecule has 20 heavy (non-hydrogen) atoms. The summed E-state index contributed by atoms with van der Waals surface area (Å²) >= 11 is 0. The lowest BCUT2D eigenvalue weighted by Crippen LogP contribution is -2.43. The average molecular weight is 299 g/mol. The van der Waals surface area contributed by atoms with E-state index in [-0.39, 0.29) is 22.3 Å². The zero-order valence-corrected chi connectivity index (χ0v) is 12.0. The van der Waals surface area contributed by atoms with Crippen LogP contribution in [0.15, 0.2) is 29.2 Å². The van der Waals surface area contributed by atoms with Gasteiger partial charge in [0.15, 0.2) is 9.84 Å². The highest BCUT2D eigenvalue weighted by molar-refractivity contribution is 7.91. The second-order valence-corrected chi connectivity index (χ2v) is 6.90. The standard InChI is InChI=1S/C13H17NO5S/c1-14-6-7-19-11(8-14)9-20(17,18)12-4-2-10(3-5-12)13(15)16/h2-5,11H,6-9H2,1H3,(H,15,16). The number of morpholine rings is 1. The van der Waals surface area contributed by atoms with E-state index in [0.717, 1.165) is 6.54 Å². The normalized spacial score (nSPS) is 20.8. The fourth-order valence-corrected chi connectivity index (χ4v) is 3.55. The van der Waals surface area contributed by atoms with Gasteiger partial charge < -0.3 is 14.7 Å². The van der Waals surface area contributed by atoms with Crippen LogP contribution in [0.25, 0.3) is 0 Å². The van der Waals surface area contributed by atoms with E-state index >= 15 is 0 Å². The second-order valence-electron chi connectivity index (χ2n) is 4.87. The molecule has 0 saturated carbocycles. The molecular formula is C13H17NO5S. The maximum absolute atomic E-state index is 12.2. The van der Waals surface area contributed by atoms with Gasteiger partial charge in [-0.15, -0.1) is 0 Å². The van der Waals surface area contributed by atoms with Gasteiger partial charge in [0.25, 0.3) is 0 Å². The van der Waals surface area contributed by atoms with Gasteiger partial charge in [0.2, 0.25) is 0 Å². The van der Waals surface area contributed by atoms with Gasteiger partial charge in [-0.3, -0.25) is 0 Å². The molecule has 1 atom stereocenters. The summed E-state index contributed by atoms with van der Waals surface area (Å²) in [4.78, 5) is 12.9. The molecule has 2 rings (SSSR count). The molecule has 0 aliphatic carbocycles. The van der Waals surface area contributed by atoms with Crippen molar-refractivity contribution in [1.29, 1.82) is 0 Å². The summed E-state index contributed by atoms with van der Waals surface area (Å²) in [6.07, 6.45) is -0.349. The zero-order chi connectivity index (χ0) is 14.8. The minimum atomic E-state index is -3.47. The summed E-state index contributed by atoms with van der Waals surface area (Å²) in [5.41, 5.74) is 0.0672. The number of likely N-dealkylation sites (N-methyl/N-ethyl adjacent to an activating group) is 1. The monoisotopic (exact) mass is 299 g/mol. The number of aromatic carboxylic acids is 1. The van der Waals surface area contributed by atoms with Crippen molar-refractivity contribution >= 4 is 15.8 Å². The summed E-state index contributed by atoms with van der Waals surface area (Å²) in [6.45, 7) is 1.89. The predicted octanol–water partition coefficient (Wildman–Crippen LogP) is 0.489. The quantitative estimate of drug-likeness (QED) is 0.871. The third-order valence-electron chi connectivity index (χ3n) is 3.21. The Bertz CT molecular complexity index is 581. The Labute approximate surface area is 117 Å². The fraction of sp³-hybridized carbons (Fsp3) is 0.462. The van der Waals surface area contributed by atoms with Gasteiger partial charge >= 0.3 is 5.97 Å². The number of ether oxygens (including phenoxy) is 1. The first-order chi connectivity index (χ1) is 9.38. The van der Waals surface area contributed by atoms with Gasteiger partial charge in [-0.2, -0.15) is 0 Å². The average Bonchev–Trinajstić information content (AvgIpc) is 2.38. The van der Waals surface area contributed by atoms with Crippen LogP contribution in [0.5, 0.6) is 0 Å². The van der Waals surface area contributed by atoms with Gasteiger partial charge in [-0.1, -0.05) is 0 Å². The third-order valence-corrected chi connectivity index (χ3v) is 5.01. The Morgan fingerprint density at radius 2 is 2.05 bits per heavy atom. The van der Waals surface area contributed by atoms with E-state index in [1.54, 1.807) is 0 Å². The first kappa shape index (κ1) is 15.0. The zero-order valence-electron chi connectivity index (χ0n) is 11.2. The van der Waals surface area contributed by atoms with Gasteiger partial charge in [0.1, 0.15) is 0 Å². The van der Waals surface area contributed by atoms with Crippen molar-refractivity contribution in [3.05, 3.63) is 29.8 Å². The number of hydrogen-bond acceptors (Lipinski definition) is 5. The van der Waals surface area contributed by atoms with E-state index in [0.29, 0.717) is 13.2 Å². The highest BCUT2D eigenvalue weighted by Crippen LogP contribution is 2.16. The van der Waals surface area contributed by atoms with Crippen LogP contribution in [0.3, 0.4) is 0 Å². The lowest BCUT2D eigenvalue weighted by atomic mass is 10.2. The minimum Gasteiger partial charge on any atom is -0.478 e. The molecule has 1 aliphatic heterocycles. The smallest absolute Gasteiger partial charge is 0.335 e. The largest absolute Gasteiger partial charge is 0.478 e. The van der Waals surface area contributed by atoms with Crippen molar-refractivity contribution in [2.24, 2.45) is 0 Å². The lowest BCUT2D eigenvalue weighted by molar-refractivity contribution is -0.00680. The van der Waals surface area contributed by atoms with Gasteiger partial charge in [-0.25, -0.2) is 13.2 Å². The summed E-state index contributed by atoms with van der Waals surface area (Å²) < 4.78 is 29.9. The van der Waals surface area contributed by atoms with Crippen molar-refractivity contribution in [3.8, 4) is 0 Å². The lowest BCUT2D eigenvalue weighted by Gasteiger charge is -2.29. The first-order valence-corrected chi connectivity index (χ1v) is 7.90. The Kier molecular flexibility index (Phi) is 4.42. The molecular weight excluding hydrogens is 282 g/mol. The number of benzene rings is 1. The third kappa shape index (κ3) is 3.56. The van der Waals surface area contributed by atoms with Crippen molar-refractivity contribution in [2.75, 3.05) is 32.5 Å². The van der Waals surface area contributed by atoms with E-state index < -0.39 is 15.8 Å². The maximum atomic E-state index is 12.2. The number of sulfone groups is 1. The molecule has 7 heteroatoms. The molecule has 1 N–H and O–H groups in total. The van der Waals surface area contributed by atoms with E-state index in [1.807, 2.05) is 11.9 Å². The molecule has 1 unspecified atom stereocenters. The predicted molar refractivity (Wildman–Crippen MR) is 72.7 cm³/mol. The molecule has 1 fully saturated rings. The highest BCUT2D eigenvalue weighted by atomic mass is 32.2. The van der Waals surface area contributed by atoms with E-state index in [4.69, 9.17) is 9.84 Å². The Morgan fingerprint density at radius 1 is 1.40 bits per heavy atom. The molecule has 1 heterocycles. The van der Waals surface area contributed by atoms with Gasteiger partial charge in [0.05, 0.1) is 28.9 Å². The van der Waals surface area contributed by atoms with Gasteiger partial charge in [0, 0.05) is 13.1 Å². The van der Waals surface area contributed by atoms with E-state index in [1.165, 1.54) is 24.3 Å². The Morgan fingerprint density at radius 3 is 2.60 bits per heavy atom. The summed E-state index contributed by atoms with van der Waals surface area (Å²) in [6, 6.07) is 5.24. The van der Waals surface area contributed by atoms with Crippen molar-refractivity contribution < 1.29 is 23.1 Å². The van der Waals surface area contributed by atoms with Crippen LogP contribution in [0.1, 0.15) is 10.4 Å². The molecule has 1 aromatic rings. The Hall–Kier alpha value is -1.44. The number of hydrogen-bond donors (Lipinski definition) is 1. The molecule has 1 aliphatic rings. The summed E-state index contributed by atoms with van der Waals surface area (Å²) in [5, 5.41) is 8.79. The van der Waals surface area contributed by atoms with Crippen LogP contribution in [-0.4, -0.2) is 63.0 Å². The van der Waals surface area contributed by atoms with E-state index in [9.17, 15) is 13.2 Å². The summed E-state index contributed by atoms with van der Waals surface area (Å²) in [5.74, 6) is -1.17. The molecule has 0 bridgehead atoms. The second kappa shape index (κ2) is 5.90. The summed E-state index contributed by atoms with van der Waals surface area (Å²) in [7, 11) is -1.55. The van der Waals surface area contributed by atoms with Crippen LogP contribution < -0.4 is 0 Å². The van der Waals surface area contributed by atoms with Crippen LogP contribution in [0.2, 0.25) is 0 Å². The highest BCUT2D eigenvalue weighted by Gasteiger charge is 2.25. The molecule has 1 aromatic carbocycles. The van der Waals surface area contributed by atoms with Crippen molar-refractivity contribution in [3.63, 3.8) is 0 Å². The molecule has 0 spiro atoms. The topological polar surface area (TPSA) is 83.9 Å². The Balaban J connectivity index is 2.11. The molecule has 0 amide bonds. The fourth-order valence-electron chi connectivity index (χ4n) is 2.11. The van der Waals surface area contributed by atoms with Crippen LogP contribution >= 0.6 is 0 Å². The SMILES string of the molecule is CN1CCOC(CS(=O)(=O)c2ccc(C(=O)O)cc2)C1. The van der Waals surface area contributed by atoms with Crippen molar-refractivity contribution in [1.82, 2.24) is 4.90 Å². The van der Waals surface area contributed by atoms with Crippen molar-refractivity contribution in [2.45, 2.75) is 11.0 Å². The number of carboxylic acid groups (broad SMARTS) is 1. The molecule has 6 nitrogen and oxygen atoms in total. The molecule has 0 radical (unpaired) electrons. The van der Waals surface area contributed by atoms with Crippen LogP contribution in [-0.2, 0) is 14.6 Å². The van der Waals surface area contributed by atoms with Crippen LogP contribution in [0.4, 0.5) is 0 Å². The number of carbonyl (C=O) groups is 1. The molecule has 0 aromatic heterocycles. The minimum absolute atomic E-state index is 0.0672. The number of nitrogens with zero attached hydrogens (tertiary/aromatic N) is 1. The van der Waals surface area contributed by atoms with Gasteiger partial charge in [-0.05, 0) is 31.3 Å². The molecule has 110 valence electrons. The van der Waals surface area contributed by atoms with Crippen LogP contribution in [0, 0.1) is 0 Å².